The molecule has 0 aromatic heterocycles. The van der Waals surface area contributed by atoms with Crippen LogP contribution in [0.2, 0.25) is 0 Å². The highest BCUT2D eigenvalue weighted by Gasteiger charge is 2.12. The van der Waals surface area contributed by atoms with Crippen LogP contribution in [-0.2, 0) is 6.42 Å². The molecule has 0 radical (unpaired) electrons. The van der Waals surface area contributed by atoms with Gasteiger partial charge in [0.05, 0.1) is 5.56 Å². The SMILES string of the molecule is CCc1ccc(C(=O)Oc2ccc(F)cc2F)cc1. The molecule has 98 valence electrons. The Morgan fingerprint density at radius 1 is 1.11 bits per heavy atom. The van der Waals surface area contributed by atoms with Crippen LogP contribution in [0.25, 0.3) is 0 Å². The van der Waals surface area contributed by atoms with Gasteiger partial charge in [-0.2, -0.15) is 0 Å². The van der Waals surface area contributed by atoms with E-state index in [0.717, 1.165) is 24.1 Å². The van der Waals surface area contributed by atoms with Gasteiger partial charge in [-0.05, 0) is 36.2 Å². The third kappa shape index (κ3) is 3.16. The van der Waals surface area contributed by atoms with Crippen LogP contribution in [0.15, 0.2) is 42.5 Å². The highest BCUT2D eigenvalue weighted by molar-refractivity contribution is 5.91. The monoisotopic (exact) mass is 262 g/mol. The van der Waals surface area contributed by atoms with Gasteiger partial charge in [-0.25, -0.2) is 13.6 Å². The van der Waals surface area contributed by atoms with Crippen molar-refractivity contribution in [2.45, 2.75) is 13.3 Å². The second-order valence-electron chi connectivity index (χ2n) is 4.01. The second kappa shape index (κ2) is 5.61. The normalized spacial score (nSPS) is 10.3. The lowest BCUT2D eigenvalue weighted by Crippen LogP contribution is -2.09. The summed E-state index contributed by atoms with van der Waals surface area (Å²) >= 11 is 0. The van der Waals surface area contributed by atoms with Crippen molar-refractivity contribution in [2.24, 2.45) is 0 Å². The van der Waals surface area contributed by atoms with E-state index >= 15 is 0 Å². The molecule has 2 rings (SSSR count). The average Bonchev–Trinajstić information content (AvgIpc) is 2.42. The number of aryl methyl sites for hydroxylation is 1. The highest BCUT2D eigenvalue weighted by Crippen LogP contribution is 2.19. The zero-order valence-electron chi connectivity index (χ0n) is 10.3. The number of rotatable bonds is 3. The third-order valence-corrected chi connectivity index (χ3v) is 2.69. The van der Waals surface area contributed by atoms with Gasteiger partial charge in [0.2, 0.25) is 0 Å². The standard InChI is InChI=1S/C15H12F2O2/c1-2-10-3-5-11(6-4-10)15(18)19-14-8-7-12(16)9-13(14)17/h3-9H,2H2,1H3. The minimum Gasteiger partial charge on any atom is -0.420 e. The molecule has 0 unspecified atom stereocenters. The van der Waals surface area contributed by atoms with Crippen LogP contribution in [0.1, 0.15) is 22.8 Å². The summed E-state index contributed by atoms with van der Waals surface area (Å²) in [6.45, 7) is 2.00. The van der Waals surface area contributed by atoms with E-state index in [4.69, 9.17) is 4.74 Å². The Hall–Kier alpha value is -2.23. The maximum atomic E-state index is 13.3. The van der Waals surface area contributed by atoms with Crippen LogP contribution in [0, 0.1) is 11.6 Å². The summed E-state index contributed by atoms with van der Waals surface area (Å²) in [4.78, 5) is 11.8. The van der Waals surface area contributed by atoms with Crippen LogP contribution in [0.4, 0.5) is 8.78 Å². The molecular formula is C15H12F2O2. The van der Waals surface area contributed by atoms with E-state index in [9.17, 15) is 13.6 Å². The molecule has 0 bridgehead atoms. The molecule has 2 nitrogen and oxygen atoms in total. The highest BCUT2D eigenvalue weighted by atomic mass is 19.1. The summed E-state index contributed by atoms with van der Waals surface area (Å²) < 4.78 is 30.9. The van der Waals surface area contributed by atoms with E-state index in [-0.39, 0.29) is 5.75 Å². The summed E-state index contributed by atoms with van der Waals surface area (Å²) in [7, 11) is 0. The van der Waals surface area contributed by atoms with Crippen molar-refractivity contribution in [2.75, 3.05) is 0 Å². The summed E-state index contributed by atoms with van der Waals surface area (Å²) in [6, 6.07) is 9.62. The zero-order chi connectivity index (χ0) is 13.8. The van der Waals surface area contributed by atoms with Gasteiger partial charge in [0.15, 0.2) is 11.6 Å². The molecule has 2 aromatic carbocycles. The summed E-state index contributed by atoms with van der Waals surface area (Å²) in [5.41, 5.74) is 1.41. The molecule has 19 heavy (non-hydrogen) atoms. The maximum absolute atomic E-state index is 13.3. The first-order valence-electron chi connectivity index (χ1n) is 5.86. The van der Waals surface area contributed by atoms with Crippen LogP contribution in [-0.4, -0.2) is 5.97 Å². The van der Waals surface area contributed by atoms with Gasteiger partial charge >= 0.3 is 5.97 Å². The Labute approximate surface area is 109 Å². The fourth-order valence-corrected chi connectivity index (χ4v) is 1.59. The van der Waals surface area contributed by atoms with Crippen molar-refractivity contribution in [1.29, 1.82) is 0 Å². The van der Waals surface area contributed by atoms with Crippen molar-refractivity contribution < 1.29 is 18.3 Å². The number of benzene rings is 2. The van der Waals surface area contributed by atoms with Gasteiger partial charge in [-0.1, -0.05) is 19.1 Å². The molecule has 0 saturated heterocycles. The molecule has 0 spiro atoms. The third-order valence-electron chi connectivity index (χ3n) is 2.69. The Balaban J connectivity index is 2.15. The lowest BCUT2D eigenvalue weighted by Gasteiger charge is -2.06. The van der Waals surface area contributed by atoms with Gasteiger partial charge in [0, 0.05) is 6.07 Å². The smallest absolute Gasteiger partial charge is 0.343 e. The van der Waals surface area contributed by atoms with Crippen LogP contribution in [0.5, 0.6) is 5.75 Å². The Kier molecular flexibility index (Phi) is 3.90. The average molecular weight is 262 g/mol. The Morgan fingerprint density at radius 2 is 1.79 bits per heavy atom. The first kappa shape index (κ1) is 13.2. The fraction of sp³-hybridized carbons (Fsp3) is 0.133. The van der Waals surface area contributed by atoms with E-state index < -0.39 is 17.6 Å². The van der Waals surface area contributed by atoms with E-state index in [2.05, 4.69) is 0 Å². The summed E-state index contributed by atoms with van der Waals surface area (Å²) in [5, 5.41) is 0. The van der Waals surface area contributed by atoms with Gasteiger partial charge in [-0.15, -0.1) is 0 Å². The molecule has 0 atom stereocenters. The summed E-state index contributed by atoms with van der Waals surface area (Å²) in [6.07, 6.45) is 0.863. The van der Waals surface area contributed by atoms with Gasteiger partial charge in [0.25, 0.3) is 0 Å². The largest absolute Gasteiger partial charge is 0.420 e. The molecule has 4 heteroatoms. The lowest BCUT2D eigenvalue weighted by atomic mass is 10.1. The zero-order valence-corrected chi connectivity index (χ0v) is 10.3. The van der Waals surface area contributed by atoms with Crippen molar-refractivity contribution in [1.82, 2.24) is 0 Å². The molecule has 0 aliphatic rings. The minimum atomic E-state index is -0.904. The quantitative estimate of drug-likeness (QED) is 0.622. The molecule has 0 aliphatic heterocycles. The van der Waals surface area contributed by atoms with Crippen LogP contribution < -0.4 is 4.74 Å². The number of carbonyl (C=O) groups excluding carboxylic acids is 1. The number of carbonyl (C=O) groups is 1. The molecule has 0 amide bonds. The maximum Gasteiger partial charge on any atom is 0.343 e. The van der Waals surface area contributed by atoms with Gasteiger partial charge < -0.3 is 4.74 Å². The van der Waals surface area contributed by atoms with Crippen LogP contribution >= 0.6 is 0 Å². The number of esters is 1. The first-order chi connectivity index (χ1) is 9.10. The van der Waals surface area contributed by atoms with Gasteiger partial charge in [-0.3, -0.25) is 0 Å². The van der Waals surface area contributed by atoms with Crippen molar-refractivity contribution in [3.63, 3.8) is 0 Å². The number of hydrogen-bond acceptors (Lipinski definition) is 2. The molecule has 0 fully saturated rings. The Morgan fingerprint density at radius 3 is 2.37 bits per heavy atom. The van der Waals surface area contributed by atoms with Crippen molar-refractivity contribution in [3.05, 3.63) is 65.2 Å². The molecule has 0 aliphatic carbocycles. The molecule has 2 aromatic rings. The van der Waals surface area contributed by atoms with E-state index in [1.165, 1.54) is 0 Å². The number of halogens is 2. The topological polar surface area (TPSA) is 26.3 Å². The van der Waals surface area contributed by atoms with E-state index in [1.807, 2.05) is 6.92 Å². The van der Waals surface area contributed by atoms with Gasteiger partial charge in [0.1, 0.15) is 5.82 Å². The lowest BCUT2D eigenvalue weighted by molar-refractivity contribution is 0.0727. The molecular weight excluding hydrogens is 250 g/mol. The van der Waals surface area contributed by atoms with Crippen LogP contribution in [0.3, 0.4) is 0 Å². The number of hydrogen-bond donors (Lipinski definition) is 0. The van der Waals surface area contributed by atoms with E-state index in [0.29, 0.717) is 11.6 Å². The molecule has 0 saturated carbocycles. The first-order valence-corrected chi connectivity index (χ1v) is 5.86. The minimum absolute atomic E-state index is 0.286. The number of ether oxygens (including phenoxy) is 1. The summed E-state index contributed by atoms with van der Waals surface area (Å²) in [5.74, 6) is -2.58. The molecule has 0 N–H and O–H groups in total. The molecule has 0 heterocycles. The second-order valence-corrected chi connectivity index (χ2v) is 4.01. The van der Waals surface area contributed by atoms with E-state index in [1.54, 1.807) is 24.3 Å². The predicted octanol–water partition coefficient (Wildman–Crippen LogP) is 3.75. The Bertz CT molecular complexity index is 592. The van der Waals surface area contributed by atoms with Crippen molar-refractivity contribution in [3.8, 4) is 5.75 Å². The fourth-order valence-electron chi connectivity index (χ4n) is 1.59. The predicted molar refractivity (Wildman–Crippen MR) is 67.1 cm³/mol. The van der Waals surface area contributed by atoms with Crippen molar-refractivity contribution >= 4 is 5.97 Å².